The number of sulfonamides is 1. The van der Waals surface area contributed by atoms with Crippen LogP contribution in [0.1, 0.15) is 36.8 Å². The van der Waals surface area contributed by atoms with Crippen molar-refractivity contribution in [2.24, 2.45) is 12.8 Å². The van der Waals surface area contributed by atoms with Crippen molar-refractivity contribution < 1.29 is 12.9 Å². The van der Waals surface area contributed by atoms with Crippen molar-refractivity contribution in [3.05, 3.63) is 23.7 Å². The number of halogens is 1. The summed E-state index contributed by atoms with van der Waals surface area (Å²) in [5.74, 6) is 1.22. The van der Waals surface area contributed by atoms with Crippen molar-refractivity contribution in [1.29, 1.82) is 0 Å². The molecule has 1 aliphatic rings. The van der Waals surface area contributed by atoms with Gasteiger partial charge in [0.15, 0.2) is 10.9 Å². The maximum atomic E-state index is 12.1. The van der Waals surface area contributed by atoms with Gasteiger partial charge in [-0.05, 0) is 26.2 Å². The van der Waals surface area contributed by atoms with Crippen molar-refractivity contribution in [2.45, 2.75) is 43.3 Å². The summed E-state index contributed by atoms with van der Waals surface area (Å²) >= 11 is 0. The average molecular weight is 363 g/mol. The molecular formula is C12H19ClN6O3S. The molecule has 2 heterocycles. The van der Waals surface area contributed by atoms with E-state index >= 15 is 0 Å². The lowest BCUT2D eigenvalue weighted by atomic mass is 9.77. The first kappa shape index (κ1) is 17.9. The summed E-state index contributed by atoms with van der Waals surface area (Å²) in [6.45, 7) is 1.63. The number of rotatable bonds is 5. The van der Waals surface area contributed by atoms with E-state index in [0.29, 0.717) is 11.6 Å². The third kappa shape index (κ3) is 3.39. The van der Waals surface area contributed by atoms with Gasteiger partial charge in [0, 0.05) is 13.2 Å². The van der Waals surface area contributed by atoms with Crippen LogP contribution in [-0.4, -0.2) is 28.1 Å². The molecule has 0 bridgehead atoms. The third-order valence-corrected chi connectivity index (χ3v) is 5.21. The van der Waals surface area contributed by atoms with Crippen LogP contribution in [0.25, 0.3) is 0 Å². The lowest BCUT2D eigenvalue weighted by Gasteiger charge is -2.34. The predicted molar refractivity (Wildman–Crippen MR) is 83.2 cm³/mol. The molecule has 1 saturated carbocycles. The number of hydrogen-bond donors (Lipinski definition) is 2. The zero-order chi connectivity index (χ0) is 16.0. The van der Waals surface area contributed by atoms with E-state index in [1.54, 1.807) is 18.5 Å². The van der Waals surface area contributed by atoms with Crippen molar-refractivity contribution in [1.82, 2.24) is 24.4 Å². The van der Waals surface area contributed by atoms with Gasteiger partial charge in [-0.2, -0.15) is 4.98 Å². The van der Waals surface area contributed by atoms with Crippen LogP contribution in [0.4, 0.5) is 0 Å². The van der Waals surface area contributed by atoms with Gasteiger partial charge in [-0.15, -0.1) is 12.4 Å². The van der Waals surface area contributed by atoms with E-state index in [9.17, 15) is 8.42 Å². The maximum absolute atomic E-state index is 12.1. The van der Waals surface area contributed by atoms with Crippen LogP contribution >= 0.6 is 12.4 Å². The largest absolute Gasteiger partial charge is 0.338 e. The molecule has 128 valence electrons. The summed E-state index contributed by atoms with van der Waals surface area (Å²) < 4.78 is 33.4. The first-order chi connectivity index (χ1) is 10.3. The molecule has 2 aromatic rings. The molecule has 23 heavy (non-hydrogen) atoms. The molecule has 0 aliphatic heterocycles. The van der Waals surface area contributed by atoms with Crippen LogP contribution < -0.4 is 10.5 Å². The van der Waals surface area contributed by atoms with Crippen molar-refractivity contribution in [2.75, 3.05) is 0 Å². The highest BCUT2D eigenvalue weighted by atomic mass is 35.5. The highest BCUT2D eigenvalue weighted by molar-refractivity contribution is 7.89. The zero-order valence-corrected chi connectivity index (χ0v) is 14.4. The van der Waals surface area contributed by atoms with Crippen LogP contribution in [0.2, 0.25) is 0 Å². The summed E-state index contributed by atoms with van der Waals surface area (Å²) in [7, 11) is -1.99. The van der Waals surface area contributed by atoms with E-state index in [4.69, 9.17) is 10.3 Å². The second kappa shape index (κ2) is 6.19. The van der Waals surface area contributed by atoms with E-state index < -0.39 is 15.6 Å². The molecule has 0 amide bonds. The molecule has 11 heteroatoms. The second-order valence-electron chi connectivity index (χ2n) is 5.58. The Kier molecular flexibility index (Phi) is 4.81. The Bertz CT molecular complexity index is 776. The molecule has 3 rings (SSSR count). The molecule has 0 radical (unpaired) electrons. The van der Waals surface area contributed by atoms with Crippen LogP contribution in [0.15, 0.2) is 15.7 Å². The molecule has 2 aromatic heterocycles. The van der Waals surface area contributed by atoms with Gasteiger partial charge in [-0.1, -0.05) is 5.16 Å². The van der Waals surface area contributed by atoms with Gasteiger partial charge in [0.1, 0.15) is 5.82 Å². The molecule has 0 aromatic carbocycles. The lowest BCUT2D eigenvalue weighted by molar-refractivity contribution is 0.229. The number of imidazole rings is 1. The fraction of sp³-hybridized carbons (Fsp3) is 0.583. The molecule has 3 N–H and O–H groups in total. The van der Waals surface area contributed by atoms with E-state index in [-0.39, 0.29) is 29.9 Å². The minimum Gasteiger partial charge on any atom is -0.338 e. The lowest BCUT2D eigenvalue weighted by Crippen LogP contribution is -2.44. The van der Waals surface area contributed by atoms with Gasteiger partial charge in [-0.25, -0.2) is 18.1 Å². The Labute approximate surface area is 140 Å². The van der Waals surface area contributed by atoms with Crippen LogP contribution in [-0.2, 0) is 29.2 Å². The van der Waals surface area contributed by atoms with Gasteiger partial charge in [0.25, 0.3) is 10.0 Å². The van der Waals surface area contributed by atoms with Gasteiger partial charge in [0.2, 0.25) is 5.89 Å². The van der Waals surface area contributed by atoms with Crippen molar-refractivity contribution >= 4 is 22.4 Å². The van der Waals surface area contributed by atoms with Gasteiger partial charge in [-0.3, -0.25) is 0 Å². The predicted octanol–water partition coefficient (Wildman–Crippen LogP) is 0.350. The van der Waals surface area contributed by atoms with E-state index in [1.807, 2.05) is 0 Å². The number of nitrogens with two attached hydrogens (primary N) is 1. The van der Waals surface area contributed by atoms with Gasteiger partial charge < -0.3 is 14.8 Å². The maximum Gasteiger partial charge on any atom is 0.260 e. The Morgan fingerprint density at radius 2 is 2.13 bits per heavy atom. The summed E-state index contributed by atoms with van der Waals surface area (Å²) in [6, 6.07) is 0. The fourth-order valence-electron chi connectivity index (χ4n) is 2.20. The zero-order valence-electron chi connectivity index (χ0n) is 12.8. The van der Waals surface area contributed by atoms with Crippen LogP contribution in [0, 0.1) is 6.92 Å². The number of aromatic nitrogens is 4. The standard InChI is InChI=1S/C12H18N6O3S.ClH/c1-8-15-10(7-18(8)2)22(19,20)14-6-9-16-11(17-21-9)12(13)4-3-5-12;/h7,14H,3-6,13H2,1-2H3;1H. The quantitative estimate of drug-likeness (QED) is 0.784. The Morgan fingerprint density at radius 3 is 2.65 bits per heavy atom. The average Bonchev–Trinajstić information content (AvgIpc) is 3.02. The molecule has 9 nitrogen and oxygen atoms in total. The third-order valence-electron chi connectivity index (χ3n) is 3.93. The molecule has 0 spiro atoms. The van der Waals surface area contributed by atoms with Gasteiger partial charge in [0.05, 0.1) is 12.1 Å². The summed E-state index contributed by atoms with van der Waals surface area (Å²) in [5, 5.41) is 3.80. The number of aryl methyl sites for hydroxylation is 2. The van der Waals surface area contributed by atoms with Crippen LogP contribution in [0.5, 0.6) is 0 Å². The van der Waals surface area contributed by atoms with Gasteiger partial charge >= 0.3 is 0 Å². The SMILES string of the molecule is Cc1nc(S(=O)(=O)NCc2nc(C3(N)CCC3)no2)cn1C.Cl. The highest BCUT2D eigenvalue weighted by Gasteiger charge is 2.39. The number of nitrogens with zero attached hydrogens (tertiary/aromatic N) is 4. The Morgan fingerprint density at radius 1 is 1.43 bits per heavy atom. The first-order valence-corrected chi connectivity index (χ1v) is 8.40. The second-order valence-corrected chi connectivity index (χ2v) is 7.30. The fourth-order valence-corrected chi connectivity index (χ4v) is 3.21. The van der Waals surface area contributed by atoms with Crippen molar-refractivity contribution in [3.63, 3.8) is 0 Å². The van der Waals surface area contributed by atoms with E-state index in [2.05, 4.69) is 19.8 Å². The summed E-state index contributed by atoms with van der Waals surface area (Å²) in [4.78, 5) is 8.16. The smallest absolute Gasteiger partial charge is 0.260 e. The molecule has 0 atom stereocenters. The normalized spacial score (nSPS) is 16.7. The molecule has 1 aliphatic carbocycles. The van der Waals surface area contributed by atoms with E-state index in [1.165, 1.54) is 6.20 Å². The Hall–Kier alpha value is -1.49. The topological polar surface area (TPSA) is 129 Å². The summed E-state index contributed by atoms with van der Waals surface area (Å²) in [5.41, 5.74) is 5.56. The monoisotopic (exact) mass is 362 g/mol. The van der Waals surface area contributed by atoms with Crippen LogP contribution in [0.3, 0.4) is 0 Å². The number of nitrogens with one attached hydrogen (secondary N) is 1. The summed E-state index contributed by atoms with van der Waals surface area (Å²) in [6.07, 6.45) is 4.10. The minimum absolute atomic E-state index is 0. The first-order valence-electron chi connectivity index (χ1n) is 6.92. The molecule has 1 fully saturated rings. The highest BCUT2D eigenvalue weighted by Crippen LogP contribution is 2.36. The molecular weight excluding hydrogens is 344 g/mol. The minimum atomic E-state index is -3.72. The molecule has 0 unspecified atom stereocenters. The number of hydrogen-bond acceptors (Lipinski definition) is 7. The van der Waals surface area contributed by atoms with Crippen molar-refractivity contribution in [3.8, 4) is 0 Å². The Balaban J connectivity index is 0.00000192. The van der Waals surface area contributed by atoms with E-state index in [0.717, 1.165) is 19.3 Å². The molecule has 0 saturated heterocycles.